The first-order chi connectivity index (χ1) is 18.7. The Hall–Kier alpha value is -1.96. The van der Waals surface area contributed by atoms with E-state index in [0.717, 1.165) is 36.5 Å². The Labute approximate surface area is 235 Å². The molecule has 2 nitrogen and oxygen atoms in total. The summed E-state index contributed by atoms with van der Waals surface area (Å²) < 4.78 is 12.2. The molecule has 0 aliphatic heterocycles. The van der Waals surface area contributed by atoms with Gasteiger partial charge in [0.05, 0.1) is 13.2 Å². The fraction of sp³-hybridized carbons (Fsp3) is 0.667. The minimum absolute atomic E-state index is 0.806. The normalized spacial score (nSPS) is 12.8. The van der Waals surface area contributed by atoms with Gasteiger partial charge in [-0.25, -0.2) is 0 Å². The van der Waals surface area contributed by atoms with Gasteiger partial charge in [0.15, 0.2) is 0 Å². The Morgan fingerprint density at radius 2 is 0.816 bits per heavy atom. The number of hydrogen-bond acceptors (Lipinski definition) is 2. The molecule has 2 aromatic rings. The lowest BCUT2D eigenvalue weighted by molar-refractivity contribution is 0.261. The lowest BCUT2D eigenvalue weighted by atomic mass is 9.93. The van der Waals surface area contributed by atoms with Crippen LogP contribution in [0.1, 0.15) is 130 Å². The van der Waals surface area contributed by atoms with Gasteiger partial charge < -0.3 is 9.47 Å². The van der Waals surface area contributed by atoms with E-state index in [0.29, 0.717) is 0 Å². The second-order valence-corrected chi connectivity index (χ2v) is 11.3. The number of benzene rings is 2. The molecule has 38 heavy (non-hydrogen) atoms. The van der Waals surface area contributed by atoms with Crippen molar-refractivity contribution in [3.05, 3.63) is 48.5 Å². The second-order valence-electron chi connectivity index (χ2n) is 11.3. The average molecular weight is 523 g/mol. The Morgan fingerprint density at radius 1 is 0.421 bits per heavy atom. The molecule has 0 amide bonds. The summed E-state index contributed by atoms with van der Waals surface area (Å²) in [6.45, 7) is 10.8. The number of unbranched alkanes of at least 4 members (excludes halogenated alkanes) is 6. The van der Waals surface area contributed by atoms with E-state index in [-0.39, 0.29) is 0 Å². The molecule has 2 rings (SSSR count). The van der Waals surface area contributed by atoms with Crippen molar-refractivity contribution in [1.29, 1.82) is 0 Å². The number of rotatable bonds is 23. The van der Waals surface area contributed by atoms with Crippen LogP contribution in [0, 0.1) is 11.8 Å². The van der Waals surface area contributed by atoms with E-state index in [4.69, 9.17) is 9.47 Å². The predicted molar refractivity (Wildman–Crippen MR) is 166 cm³/mol. The fourth-order valence-corrected chi connectivity index (χ4v) is 5.58. The van der Waals surface area contributed by atoms with Crippen LogP contribution in [0.15, 0.2) is 48.5 Å². The summed E-state index contributed by atoms with van der Waals surface area (Å²) in [5.41, 5.74) is 2.44. The first kappa shape index (κ1) is 32.3. The molecule has 2 atom stereocenters. The van der Waals surface area contributed by atoms with Crippen LogP contribution in [0.3, 0.4) is 0 Å². The van der Waals surface area contributed by atoms with Crippen LogP contribution in [-0.4, -0.2) is 13.2 Å². The average Bonchev–Trinajstić information content (AvgIpc) is 2.94. The van der Waals surface area contributed by atoms with E-state index in [1.165, 1.54) is 114 Å². The van der Waals surface area contributed by atoms with E-state index in [1.807, 2.05) is 0 Å². The minimum atomic E-state index is 0.806. The Kier molecular flexibility index (Phi) is 17.8. The molecule has 0 aliphatic carbocycles. The lowest BCUT2D eigenvalue weighted by Crippen LogP contribution is -2.07. The highest BCUT2D eigenvalue weighted by atomic mass is 16.5. The van der Waals surface area contributed by atoms with Crippen LogP contribution in [0.2, 0.25) is 0 Å². The number of ether oxygens (including phenoxy) is 2. The number of hydrogen-bond donors (Lipinski definition) is 0. The highest BCUT2D eigenvalue weighted by Gasteiger charge is 2.10. The van der Waals surface area contributed by atoms with Gasteiger partial charge in [-0.1, -0.05) is 142 Å². The molecule has 0 saturated heterocycles. The molecule has 0 aromatic heterocycles. The van der Waals surface area contributed by atoms with Crippen molar-refractivity contribution >= 4 is 0 Å². The molecule has 214 valence electrons. The molecular formula is C36H58O2. The third kappa shape index (κ3) is 13.7. The van der Waals surface area contributed by atoms with Gasteiger partial charge in [-0.15, -0.1) is 0 Å². The van der Waals surface area contributed by atoms with Crippen LogP contribution >= 0.6 is 0 Å². The fourth-order valence-electron chi connectivity index (χ4n) is 5.58. The topological polar surface area (TPSA) is 18.5 Å². The summed E-state index contributed by atoms with van der Waals surface area (Å²) in [5, 5.41) is 0. The SMILES string of the molecule is CCCCCCC(CCC)CCOc1ccc(-c2ccc(OCCC(CCC)CCCCCC)cc2)cc1. The summed E-state index contributed by atoms with van der Waals surface area (Å²) >= 11 is 0. The van der Waals surface area contributed by atoms with Crippen LogP contribution in [0.5, 0.6) is 11.5 Å². The van der Waals surface area contributed by atoms with Crippen molar-refractivity contribution in [3.63, 3.8) is 0 Å². The molecule has 0 bridgehead atoms. The maximum Gasteiger partial charge on any atom is 0.119 e. The zero-order chi connectivity index (χ0) is 27.3. The van der Waals surface area contributed by atoms with Crippen molar-refractivity contribution in [2.24, 2.45) is 11.8 Å². The van der Waals surface area contributed by atoms with Gasteiger partial charge in [0.25, 0.3) is 0 Å². The highest BCUT2D eigenvalue weighted by Crippen LogP contribution is 2.26. The van der Waals surface area contributed by atoms with Crippen LogP contribution in [0.25, 0.3) is 11.1 Å². The molecule has 0 aliphatic rings. The molecule has 0 fully saturated rings. The molecule has 0 heterocycles. The van der Waals surface area contributed by atoms with Gasteiger partial charge in [0.1, 0.15) is 11.5 Å². The van der Waals surface area contributed by atoms with Crippen molar-refractivity contribution in [2.45, 2.75) is 130 Å². The van der Waals surface area contributed by atoms with Crippen molar-refractivity contribution < 1.29 is 9.47 Å². The maximum atomic E-state index is 6.12. The van der Waals surface area contributed by atoms with Crippen molar-refractivity contribution in [3.8, 4) is 22.6 Å². The Bertz CT molecular complexity index is 726. The maximum absolute atomic E-state index is 6.12. The van der Waals surface area contributed by atoms with E-state index < -0.39 is 0 Å². The zero-order valence-corrected chi connectivity index (χ0v) is 25.3. The van der Waals surface area contributed by atoms with E-state index in [2.05, 4.69) is 76.2 Å². The molecule has 0 spiro atoms. The van der Waals surface area contributed by atoms with Gasteiger partial charge in [0.2, 0.25) is 0 Å². The molecule has 2 aromatic carbocycles. The predicted octanol–water partition coefficient (Wildman–Crippen LogP) is 11.7. The molecule has 2 heteroatoms. The smallest absolute Gasteiger partial charge is 0.119 e. The lowest BCUT2D eigenvalue weighted by Gasteiger charge is -2.17. The van der Waals surface area contributed by atoms with Gasteiger partial charge in [-0.2, -0.15) is 0 Å². The van der Waals surface area contributed by atoms with E-state index in [1.54, 1.807) is 0 Å². The van der Waals surface area contributed by atoms with Gasteiger partial charge >= 0.3 is 0 Å². The third-order valence-electron chi connectivity index (χ3n) is 7.96. The van der Waals surface area contributed by atoms with Crippen molar-refractivity contribution in [2.75, 3.05) is 13.2 Å². The monoisotopic (exact) mass is 522 g/mol. The standard InChI is InChI=1S/C36H58O2/c1-5-9-11-13-17-31(15-7-3)27-29-37-35-23-19-33(20-24-35)34-21-25-36(26-22-34)38-30-28-32(16-8-4)18-14-12-10-6-2/h19-26,31-32H,5-18,27-30H2,1-4H3. The molecule has 0 N–H and O–H groups in total. The largest absolute Gasteiger partial charge is 0.494 e. The molecular weight excluding hydrogens is 464 g/mol. The quantitative estimate of drug-likeness (QED) is 0.135. The Balaban J connectivity index is 1.74. The molecule has 2 unspecified atom stereocenters. The van der Waals surface area contributed by atoms with E-state index >= 15 is 0 Å². The van der Waals surface area contributed by atoms with Gasteiger partial charge in [-0.05, 0) is 60.1 Å². The summed E-state index contributed by atoms with van der Waals surface area (Å²) in [6, 6.07) is 17.2. The minimum Gasteiger partial charge on any atom is -0.494 e. The summed E-state index contributed by atoms with van der Waals surface area (Å²) in [7, 11) is 0. The van der Waals surface area contributed by atoms with Crippen LogP contribution < -0.4 is 9.47 Å². The first-order valence-corrected chi connectivity index (χ1v) is 16.2. The summed E-state index contributed by atoms with van der Waals surface area (Å²) in [4.78, 5) is 0. The van der Waals surface area contributed by atoms with Gasteiger partial charge in [0, 0.05) is 0 Å². The molecule has 0 saturated carbocycles. The third-order valence-corrected chi connectivity index (χ3v) is 7.96. The Morgan fingerprint density at radius 3 is 1.16 bits per heavy atom. The van der Waals surface area contributed by atoms with Crippen LogP contribution in [-0.2, 0) is 0 Å². The highest BCUT2D eigenvalue weighted by molar-refractivity contribution is 5.64. The summed E-state index contributed by atoms with van der Waals surface area (Å²) in [5.74, 6) is 3.57. The molecule has 0 radical (unpaired) electrons. The second kappa shape index (κ2) is 20.9. The zero-order valence-electron chi connectivity index (χ0n) is 25.3. The summed E-state index contributed by atoms with van der Waals surface area (Å²) in [6.07, 6.45) is 21.1. The van der Waals surface area contributed by atoms with Crippen LogP contribution in [0.4, 0.5) is 0 Å². The van der Waals surface area contributed by atoms with Gasteiger partial charge in [-0.3, -0.25) is 0 Å². The first-order valence-electron chi connectivity index (χ1n) is 16.2. The van der Waals surface area contributed by atoms with E-state index in [9.17, 15) is 0 Å². The van der Waals surface area contributed by atoms with Crippen molar-refractivity contribution in [1.82, 2.24) is 0 Å².